The summed E-state index contributed by atoms with van der Waals surface area (Å²) in [6.45, 7) is 11.2. The molecule has 3 atom stereocenters. The smallest absolute Gasteiger partial charge is 0.0817 e. The van der Waals surface area contributed by atoms with Crippen molar-refractivity contribution < 1.29 is 4.74 Å². The molecule has 0 bridgehead atoms. The highest BCUT2D eigenvalue weighted by atomic mass is 16.5. The van der Waals surface area contributed by atoms with Crippen LogP contribution in [0.25, 0.3) is 0 Å². The van der Waals surface area contributed by atoms with Gasteiger partial charge in [0.2, 0.25) is 0 Å². The Hall–Kier alpha value is -0.0800. The molecule has 0 amide bonds. The number of nitrogens with one attached hydrogen (secondary N) is 1. The van der Waals surface area contributed by atoms with Gasteiger partial charge in [0, 0.05) is 13.1 Å². The van der Waals surface area contributed by atoms with Crippen LogP contribution >= 0.6 is 0 Å². The number of hydrogen-bond acceptors (Lipinski definition) is 2. The van der Waals surface area contributed by atoms with Gasteiger partial charge in [0.1, 0.15) is 0 Å². The number of hydrogen-bond donors (Lipinski definition) is 1. The molecule has 1 heterocycles. The number of morpholine rings is 1. The summed E-state index contributed by atoms with van der Waals surface area (Å²) in [4.78, 5) is 0. The van der Waals surface area contributed by atoms with Gasteiger partial charge in [-0.25, -0.2) is 0 Å². The van der Waals surface area contributed by atoms with E-state index in [4.69, 9.17) is 4.74 Å². The van der Waals surface area contributed by atoms with Gasteiger partial charge in [-0.2, -0.15) is 0 Å². The van der Waals surface area contributed by atoms with E-state index in [1.165, 1.54) is 25.7 Å². The van der Waals surface area contributed by atoms with Crippen LogP contribution < -0.4 is 5.32 Å². The minimum Gasteiger partial charge on any atom is -0.366 e. The molecule has 3 unspecified atom stereocenters. The maximum Gasteiger partial charge on any atom is 0.0817 e. The lowest BCUT2D eigenvalue weighted by molar-refractivity contribution is -0.205. The van der Waals surface area contributed by atoms with Gasteiger partial charge in [-0.1, -0.05) is 33.6 Å². The molecule has 1 aliphatic heterocycles. The summed E-state index contributed by atoms with van der Waals surface area (Å²) in [5, 5.41) is 3.61. The Bertz CT molecular complexity index is 249. The van der Waals surface area contributed by atoms with E-state index in [0.717, 1.165) is 19.0 Å². The second-order valence-corrected chi connectivity index (χ2v) is 6.56. The zero-order valence-corrected chi connectivity index (χ0v) is 11.3. The second kappa shape index (κ2) is 4.30. The largest absolute Gasteiger partial charge is 0.366 e. The van der Waals surface area contributed by atoms with Crippen LogP contribution in [0.3, 0.4) is 0 Å². The summed E-state index contributed by atoms with van der Waals surface area (Å²) < 4.78 is 6.57. The third kappa shape index (κ3) is 2.28. The minimum atomic E-state index is 0.0231. The van der Waals surface area contributed by atoms with Gasteiger partial charge in [0.15, 0.2) is 0 Å². The molecule has 2 fully saturated rings. The van der Waals surface area contributed by atoms with E-state index >= 15 is 0 Å². The van der Waals surface area contributed by atoms with Crippen LogP contribution in [0.5, 0.6) is 0 Å². The van der Waals surface area contributed by atoms with Crippen molar-refractivity contribution in [2.75, 3.05) is 13.1 Å². The quantitative estimate of drug-likeness (QED) is 0.741. The Balaban J connectivity index is 2.10. The average molecular weight is 225 g/mol. The van der Waals surface area contributed by atoms with E-state index in [1.807, 2.05) is 0 Å². The van der Waals surface area contributed by atoms with E-state index in [-0.39, 0.29) is 11.2 Å². The molecule has 2 rings (SSSR count). The van der Waals surface area contributed by atoms with Crippen LogP contribution in [-0.2, 0) is 4.74 Å². The highest BCUT2D eigenvalue weighted by Gasteiger charge is 2.46. The predicted octanol–water partition coefficient (Wildman–Crippen LogP) is 2.97. The predicted molar refractivity (Wildman–Crippen MR) is 67.6 cm³/mol. The molecule has 0 aromatic carbocycles. The molecular weight excluding hydrogens is 198 g/mol. The average Bonchev–Trinajstić information content (AvgIpc) is 2.16. The zero-order chi connectivity index (χ0) is 11.8. The van der Waals surface area contributed by atoms with Gasteiger partial charge in [-0.05, 0) is 31.6 Å². The molecule has 94 valence electrons. The Kier molecular flexibility index (Phi) is 3.33. The fraction of sp³-hybridized carbons (Fsp3) is 1.00. The number of ether oxygens (including phenoxy) is 1. The summed E-state index contributed by atoms with van der Waals surface area (Å²) in [5.74, 6) is 1.40. The molecule has 1 spiro atoms. The lowest BCUT2D eigenvalue weighted by Gasteiger charge is -2.52. The molecule has 1 N–H and O–H groups in total. The third-order valence-electron chi connectivity index (χ3n) is 4.64. The molecule has 16 heavy (non-hydrogen) atoms. The van der Waals surface area contributed by atoms with Crippen molar-refractivity contribution in [2.45, 2.75) is 64.6 Å². The van der Waals surface area contributed by atoms with Crippen molar-refractivity contribution in [3.63, 3.8) is 0 Å². The van der Waals surface area contributed by atoms with Crippen molar-refractivity contribution in [2.24, 2.45) is 11.8 Å². The summed E-state index contributed by atoms with van der Waals surface area (Å²) in [6, 6.07) is 0. The SMILES string of the molecule is CC1CCCC2(CNCC(C)(C(C)C)O2)C1. The summed E-state index contributed by atoms with van der Waals surface area (Å²) in [5.41, 5.74) is 0.157. The Morgan fingerprint density at radius 3 is 2.69 bits per heavy atom. The van der Waals surface area contributed by atoms with Crippen molar-refractivity contribution in [3.05, 3.63) is 0 Å². The first-order chi connectivity index (χ1) is 7.46. The normalized spacial score (nSPS) is 45.2. The third-order valence-corrected chi connectivity index (χ3v) is 4.64. The van der Waals surface area contributed by atoms with Gasteiger partial charge in [-0.15, -0.1) is 0 Å². The molecule has 1 aliphatic carbocycles. The van der Waals surface area contributed by atoms with Crippen LogP contribution in [-0.4, -0.2) is 24.3 Å². The molecule has 2 nitrogen and oxygen atoms in total. The van der Waals surface area contributed by atoms with Crippen molar-refractivity contribution >= 4 is 0 Å². The molecule has 1 saturated carbocycles. The lowest BCUT2D eigenvalue weighted by atomic mass is 9.76. The first kappa shape index (κ1) is 12.4. The molecule has 2 heteroatoms. The Labute approximate surface area is 100 Å². The molecule has 1 saturated heterocycles. The topological polar surface area (TPSA) is 21.3 Å². The van der Waals surface area contributed by atoms with Crippen molar-refractivity contribution in [3.8, 4) is 0 Å². The molecule has 2 aliphatic rings. The maximum atomic E-state index is 6.57. The molecule has 0 aromatic heterocycles. The van der Waals surface area contributed by atoms with E-state index < -0.39 is 0 Å². The van der Waals surface area contributed by atoms with Crippen molar-refractivity contribution in [1.82, 2.24) is 5.32 Å². The Morgan fingerprint density at radius 2 is 2.06 bits per heavy atom. The first-order valence-electron chi connectivity index (χ1n) is 6.87. The maximum absolute atomic E-state index is 6.57. The van der Waals surface area contributed by atoms with Gasteiger partial charge in [0.05, 0.1) is 11.2 Å². The van der Waals surface area contributed by atoms with Gasteiger partial charge in [-0.3, -0.25) is 0 Å². The fourth-order valence-electron chi connectivity index (χ4n) is 3.29. The summed E-state index contributed by atoms with van der Waals surface area (Å²) >= 11 is 0. The van der Waals surface area contributed by atoms with Crippen LogP contribution in [0.15, 0.2) is 0 Å². The fourth-order valence-corrected chi connectivity index (χ4v) is 3.29. The number of rotatable bonds is 1. The molecule has 0 aromatic rings. The monoisotopic (exact) mass is 225 g/mol. The molecule has 0 radical (unpaired) electrons. The second-order valence-electron chi connectivity index (χ2n) is 6.56. The van der Waals surface area contributed by atoms with Gasteiger partial charge < -0.3 is 10.1 Å². The lowest BCUT2D eigenvalue weighted by Crippen LogP contribution is -2.62. The highest BCUT2D eigenvalue weighted by Crippen LogP contribution is 2.41. The zero-order valence-electron chi connectivity index (χ0n) is 11.3. The van der Waals surface area contributed by atoms with Crippen LogP contribution in [0.1, 0.15) is 53.4 Å². The van der Waals surface area contributed by atoms with Crippen LogP contribution in [0, 0.1) is 11.8 Å². The summed E-state index contributed by atoms with van der Waals surface area (Å²) in [6.07, 6.45) is 5.19. The van der Waals surface area contributed by atoms with E-state index in [1.54, 1.807) is 0 Å². The summed E-state index contributed by atoms with van der Waals surface area (Å²) in [7, 11) is 0. The standard InChI is InChI=1S/C14H27NO/c1-11(2)13(4)9-15-10-14(16-13)7-5-6-12(3)8-14/h11-12,15H,5-10H2,1-4H3. The van der Waals surface area contributed by atoms with E-state index in [2.05, 4.69) is 33.0 Å². The van der Waals surface area contributed by atoms with Gasteiger partial charge in [0.25, 0.3) is 0 Å². The Morgan fingerprint density at radius 1 is 1.31 bits per heavy atom. The van der Waals surface area contributed by atoms with E-state index in [9.17, 15) is 0 Å². The van der Waals surface area contributed by atoms with E-state index in [0.29, 0.717) is 5.92 Å². The van der Waals surface area contributed by atoms with Crippen LogP contribution in [0.4, 0.5) is 0 Å². The first-order valence-corrected chi connectivity index (χ1v) is 6.87. The van der Waals surface area contributed by atoms with Crippen molar-refractivity contribution in [1.29, 1.82) is 0 Å². The van der Waals surface area contributed by atoms with Gasteiger partial charge >= 0.3 is 0 Å². The minimum absolute atomic E-state index is 0.0231. The molecular formula is C14H27NO. The van der Waals surface area contributed by atoms with Crippen LogP contribution in [0.2, 0.25) is 0 Å². The highest BCUT2D eigenvalue weighted by molar-refractivity contribution is 4.98.